The lowest BCUT2D eigenvalue weighted by molar-refractivity contribution is 0.102. The van der Waals surface area contributed by atoms with E-state index >= 15 is 0 Å². The van der Waals surface area contributed by atoms with Crippen LogP contribution in [0.25, 0.3) is 5.69 Å². The molecule has 1 aromatic heterocycles. The summed E-state index contributed by atoms with van der Waals surface area (Å²) in [6.07, 6.45) is 0. The Hall–Kier alpha value is -2.75. The van der Waals surface area contributed by atoms with Crippen LogP contribution in [-0.4, -0.2) is 42.5 Å². The van der Waals surface area contributed by atoms with E-state index in [1.165, 1.54) is 49.1 Å². The van der Waals surface area contributed by atoms with E-state index in [-0.39, 0.29) is 20.9 Å². The number of sulfonamides is 1. The van der Waals surface area contributed by atoms with E-state index in [2.05, 4.69) is 10.4 Å². The first-order chi connectivity index (χ1) is 14.8. The van der Waals surface area contributed by atoms with Gasteiger partial charge in [-0.25, -0.2) is 21.8 Å². The summed E-state index contributed by atoms with van der Waals surface area (Å²) >= 11 is 6.21. The highest BCUT2D eigenvalue weighted by Gasteiger charge is 2.24. The van der Waals surface area contributed by atoms with Gasteiger partial charge in [0.15, 0.2) is 0 Å². The van der Waals surface area contributed by atoms with Gasteiger partial charge in [0.1, 0.15) is 11.6 Å². The number of anilines is 1. The molecule has 0 radical (unpaired) electrons. The summed E-state index contributed by atoms with van der Waals surface area (Å²) in [6.45, 7) is 5.92. The number of nitrogens with zero attached hydrogens (tertiary/aromatic N) is 3. The van der Waals surface area contributed by atoms with E-state index in [1.807, 2.05) is 20.8 Å². The zero-order valence-electron chi connectivity index (χ0n) is 18.3. The highest BCUT2D eigenvalue weighted by atomic mass is 35.5. The lowest BCUT2D eigenvalue weighted by Gasteiger charge is -2.14. The highest BCUT2D eigenvalue weighted by molar-refractivity contribution is 7.89. The molecule has 7 nitrogen and oxygen atoms in total. The maximum Gasteiger partial charge on any atom is 0.258 e. The number of rotatable bonds is 5. The number of carbonyl (C=O) groups excluding carboxylic acids is 1. The van der Waals surface area contributed by atoms with Gasteiger partial charge in [-0.05, 0) is 42.5 Å². The van der Waals surface area contributed by atoms with E-state index in [9.17, 15) is 17.6 Å². The zero-order valence-corrected chi connectivity index (χ0v) is 19.9. The van der Waals surface area contributed by atoms with E-state index in [4.69, 9.17) is 11.6 Å². The second-order valence-electron chi connectivity index (χ2n) is 8.44. The second-order valence-corrected chi connectivity index (χ2v) is 11.0. The molecule has 1 amide bonds. The summed E-state index contributed by atoms with van der Waals surface area (Å²) in [4.78, 5) is 13.0. The number of carbonyl (C=O) groups is 1. The predicted octanol–water partition coefficient (Wildman–Crippen LogP) is 4.46. The van der Waals surface area contributed by atoms with Gasteiger partial charge in [0, 0.05) is 25.6 Å². The summed E-state index contributed by atoms with van der Waals surface area (Å²) in [7, 11) is -0.948. The topological polar surface area (TPSA) is 84.3 Å². The van der Waals surface area contributed by atoms with Crippen LogP contribution in [0.15, 0.2) is 53.4 Å². The number of amides is 1. The van der Waals surface area contributed by atoms with Crippen molar-refractivity contribution in [2.24, 2.45) is 0 Å². The molecule has 0 saturated heterocycles. The fraction of sp³-hybridized carbons (Fsp3) is 0.273. The average Bonchev–Trinajstić information content (AvgIpc) is 3.12. The molecule has 0 atom stereocenters. The molecule has 3 rings (SSSR count). The van der Waals surface area contributed by atoms with Crippen LogP contribution in [0, 0.1) is 5.82 Å². The summed E-state index contributed by atoms with van der Waals surface area (Å²) in [5, 5.41) is 7.43. The van der Waals surface area contributed by atoms with Gasteiger partial charge in [-0.1, -0.05) is 32.4 Å². The Morgan fingerprint density at radius 1 is 1.09 bits per heavy atom. The number of aromatic nitrogens is 2. The first kappa shape index (κ1) is 23.9. The van der Waals surface area contributed by atoms with Crippen LogP contribution in [0.2, 0.25) is 5.02 Å². The SMILES string of the molecule is CN(C)S(=O)(=O)c1ccc(Cl)c(C(=O)Nc2cc(C(C)(C)C)nn2-c2ccc(F)cc2)c1. The van der Waals surface area contributed by atoms with Crippen LogP contribution in [0.1, 0.15) is 36.8 Å². The van der Waals surface area contributed by atoms with Crippen molar-refractivity contribution in [1.29, 1.82) is 0 Å². The van der Waals surface area contributed by atoms with Crippen molar-refractivity contribution in [3.05, 3.63) is 70.6 Å². The molecule has 3 aromatic rings. The van der Waals surface area contributed by atoms with E-state index in [1.54, 1.807) is 18.2 Å². The molecule has 0 spiro atoms. The van der Waals surface area contributed by atoms with Crippen LogP contribution < -0.4 is 5.32 Å². The highest BCUT2D eigenvalue weighted by Crippen LogP contribution is 2.28. The monoisotopic (exact) mass is 478 g/mol. The van der Waals surface area contributed by atoms with Crippen molar-refractivity contribution < 1.29 is 17.6 Å². The first-order valence-electron chi connectivity index (χ1n) is 9.70. The van der Waals surface area contributed by atoms with Crippen molar-refractivity contribution in [3.8, 4) is 5.69 Å². The normalized spacial score (nSPS) is 12.2. The third-order valence-electron chi connectivity index (χ3n) is 4.75. The molecule has 1 heterocycles. The Kier molecular flexibility index (Phi) is 6.46. The summed E-state index contributed by atoms with van der Waals surface area (Å²) in [5.41, 5.74) is 0.931. The minimum atomic E-state index is -3.75. The van der Waals surface area contributed by atoms with Gasteiger partial charge >= 0.3 is 0 Å². The van der Waals surface area contributed by atoms with Crippen LogP contribution in [-0.2, 0) is 15.4 Å². The van der Waals surface area contributed by atoms with E-state index < -0.39 is 21.7 Å². The molecule has 32 heavy (non-hydrogen) atoms. The molecular weight excluding hydrogens is 455 g/mol. The quantitative estimate of drug-likeness (QED) is 0.586. The first-order valence-corrected chi connectivity index (χ1v) is 11.5. The Bertz CT molecular complexity index is 1260. The molecule has 0 unspecified atom stereocenters. The van der Waals surface area contributed by atoms with Gasteiger partial charge in [0.2, 0.25) is 10.0 Å². The zero-order chi connectivity index (χ0) is 23.8. The molecule has 0 saturated carbocycles. The fourth-order valence-electron chi connectivity index (χ4n) is 2.85. The lowest BCUT2D eigenvalue weighted by atomic mass is 9.92. The van der Waals surface area contributed by atoms with Crippen molar-refractivity contribution in [3.63, 3.8) is 0 Å². The predicted molar refractivity (Wildman–Crippen MR) is 123 cm³/mol. The van der Waals surface area contributed by atoms with Gasteiger partial charge in [0.05, 0.1) is 26.9 Å². The Morgan fingerprint density at radius 3 is 2.28 bits per heavy atom. The van der Waals surface area contributed by atoms with E-state index in [0.29, 0.717) is 17.2 Å². The number of hydrogen-bond acceptors (Lipinski definition) is 4. The van der Waals surface area contributed by atoms with E-state index in [0.717, 1.165) is 4.31 Å². The van der Waals surface area contributed by atoms with Crippen molar-refractivity contribution in [1.82, 2.24) is 14.1 Å². The molecule has 0 aliphatic heterocycles. The molecule has 0 bridgehead atoms. The average molecular weight is 479 g/mol. The standard InChI is InChI=1S/C22H24ClFN4O3S/c1-22(2,3)19-13-20(28(26-19)15-8-6-14(24)7-9-15)25-21(29)17-12-16(10-11-18(17)23)32(30,31)27(4)5/h6-13H,1-5H3,(H,25,29). The Balaban J connectivity index is 2.04. The van der Waals surface area contributed by atoms with Gasteiger partial charge in [-0.15, -0.1) is 0 Å². The summed E-state index contributed by atoms with van der Waals surface area (Å²) in [6, 6.07) is 11.3. The minimum Gasteiger partial charge on any atom is -0.306 e. The number of benzene rings is 2. The maximum atomic E-state index is 13.4. The molecule has 170 valence electrons. The van der Waals surface area contributed by atoms with Gasteiger partial charge in [0.25, 0.3) is 5.91 Å². The Morgan fingerprint density at radius 2 is 1.72 bits per heavy atom. The molecular formula is C22H24ClFN4O3S. The maximum absolute atomic E-state index is 13.4. The van der Waals surface area contributed by atoms with Gasteiger partial charge in [-0.2, -0.15) is 5.10 Å². The lowest BCUT2D eigenvalue weighted by Crippen LogP contribution is -2.23. The Labute approximate surface area is 191 Å². The number of nitrogens with one attached hydrogen (secondary N) is 1. The third kappa shape index (κ3) is 4.85. The number of hydrogen-bond donors (Lipinski definition) is 1. The van der Waals surface area contributed by atoms with Crippen molar-refractivity contribution in [2.45, 2.75) is 31.1 Å². The number of halogens is 2. The largest absolute Gasteiger partial charge is 0.306 e. The fourth-order valence-corrected chi connectivity index (χ4v) is 3.98. The molecule has 0 aliphatic carbocycles. The molecule has 0 fully saturated rings. The molecule has 1 N–H and O–H groups in total. The van der Waals surface area contributed by atoms with Gasteiger partial charge in [-0.3, -0.25) is 4.79 Å². The summed E-state index contributed by atoms with van der Waals surface area (Å²) < 4.78 is 40.9. The molecule has 0 aliphatic rings. The third-order valence-corrected chi connectivity index (χ3v) is 6.89. The van der Waals surface area contributed by atoms with Crippen LogP contribution >= 0.6 is 11.6 Å². The van der Waals surface area contributed by atoms with Crippen molar-refractivity contribution >= 4 is 33.3 Å². The molecule has 10 heteroatoms. The van der Waals surface area contributed by atoms with Crippen LogP contribution in [0.3, 0.4) is 0 Å². The molecule has 2 aromatic carbocycles. The smallest absolute Gasteiger partial charge is 0.258 e. The van der Waals surface area contributed by atoms with Crippen molar-refractivity contribution in [2.75, 3.05) is 19.4 Å². The van der Waals surface area contributed by atoms with Gasteiger partial charge < -0.3 is 5.32 Å². The minimum absolute atomic E-state index is 0.00115. The second kappa shape index (κ2) is 8.65. The summed E-state index contributed by atoms with van der Waals surface area (Å²) in [5.74, 6) is -0.661. The van der Waals surface area contributed by atoms with Crippen LogP contribution in [0.5, 0.6) is 0 Å². The van der Waals surface area contributed by atoms with Crippen LogP contribution in [0.4, 0.5) is 10.2 Å².